The molecule has 0 spiro atoms. The molecule has 0 heterocycles. The summed E-state index contributed by atoms with van der Waals surface area (Å²) in [6.07, 6.45) is 2.39. The predicted molar refractivity (Wildman–Crippen MR) is 59.7 cm³/mol. The van der Waals surface area contributed by atoms with Crippen LogP contribution in [0, 0.1) is 0 Å². The average Bonchev–Trinajstić information content (AvgIpc) is 2.18. The minimum absolute atomic E-state index is 0.296. The van der Waals surface area contributed by atoms with Crippen molar-refractivity contribution in [3.8, 4) is 0 Å². The molecule has 0 fully saturated rings. The summed E-state index contributed by atoms with van der Waals surface area (Å²) < 4.78 is 10.8. The third-order valence-electron chi connectivity index (χ3n) is 2.18. The highest BCUT2D eigenvalue weighted by Crippen LogP contribution is 2.02. The lowest BCUT2D eigenvalue weighted by Gasteiger charge is -2.20. The van der Waals surface area contributed by atoms with Gasteiger partial charge in [-0.15, -0.1) is 0 Å². The zero-order chi connectivity index (χ0) is 10.8. The second-order valence-electron chi connectivity index (χ2n) is 3.61. The van der Waals surface area contributed by atoms with E-state index in [1.165, 1.54) is 0 Å². The van der Waals surface area contributed by atoms with Crippen molar-refractivity contribution in [1.29, 1.82) is 0 Å². The Morgan fingerprint density at radius 3 is 2.50 bits per heavy atom. The fourth-order valence-corrected chi connectivity index (χ4v) is 1.37. The van der Waals surface area contributed by atoms with Crippen molar-refractivity contribution in [1.82, 2.24) is 5.32 Å². The quantitative estimate of drug-likeness (QED) is 0.580. The van der Waals surface area contributed by atoms with Crippen molar-refractivity contribution in [2.45, 2.75) is 45.8 Å². The summed E-state index contributed by atoms with van der Waals surface area (Å²) >= 11 is 0. The van der Waals surface area contributed by atoms with Crippen molar-refractivity contribution in [3.63, 3.8) is 0 Å². The molecule has 0 aliphatic rings. The topological polar surface area (TPSA) is 30.5 Å². The van der Waals surface area contributed by atoms with E-state index in [9.17, 15) is 0 Å². The van der Waals surface area contributed by atoms with Gasteiger partial charge >= 0.3 is 0 Å². The number of nitrogens with one attached hydrogen (secondary N) is 1. The van der Waals surface area contributed by atoms with Crippen molar-refractivity contribution in [3.05, 3.63) is 0 Å². The molecule has 3 nitrogen and oxygen atoms in total. The van der Waals surface area contributed by atoms with Crippen LogP contribution in [-0.2, 0) is 9.47 Å². The van der Waals surface area contributed by atoms with E-state index >= 15 is 0 Å². The number of rotatable bonds is 9. The maximum Gasteiger partial charge on any atom is 0.0620 e. The van der Waals surface area contributed by atoms with E-state index in [0.29, 0.717) is 12.1 Å². The Labute approximate surface area is 88.2 Å². The van der Waals surface area contributed by atoms with Gasteiger partial charge in [-0.3, -0.25) is 0 Å². The highest BCUT2D eigenvalue weighted by molar-refractivity contribution is 4.68. The summed E-state index contributed by atoms with van der Waals surface area (Å²) in [5.74, 6) is 0. The fraction of sp³-hybridized carbons (Fsp3) is 1.00. The van der Waals surface area contributed by atoms with Crippen LogP contribution in [-0.4, -0.2) is 39.0 Å². The van der Waals surface area contributed by atoms with Gasteiger partial charge in [0.15, 0.2) is 0 Å². The van der Waals surface area contributed by atoms with Gasteiger partial charge in [0.05, 0.1) is 12.7 Å². The first-order valence-electron chi connectivity index (χ1n) is 5.58. The predicted octanol–water partition coefficient (Wildman–Crippen LogP) is 1.82. The van der Waals surface area contributed by atoms with Gasteiger partial charge in [-0.25, -0.2) is 0 Å². The normalized spacial score (nSPS) is 15.4. The first-order chi connectivity index (χ1) is 6.74. The second-order valence-corrected chi connectivity index (χ2v) is 3.61. The Morgan fingerprint density at radius 2 is 2.00 bits per heavy atom. The SMILES string of the molecule is CCCOCC(CC(C)OC)NCC. The first kappa shape index (κ1) is 13.9. The van der Waals surface area contributed by atoms with Gasteiger partial charge in [0.1, 0.15) is 0 Å². The number of hydrogen-bond acceptors (Lipinski definition) is 3. The van der Waals surface area contributed by atoms with E-state index in [0.717, 1.165) is 32.6 Å². The molecule has 0 saturated heterocycles. The summed E-state index contributed by atoms with van der Waals surface area (Å²) in [6.45, 7) is 8.95. The third kappa shape index (κ3) is 7.30. The van der Waals surface area contributed by atoms with Crippen LogP contribution in [0.25, 0.3) is 0 Å². The molecule has 14 heavy (non-hydrogen) atoms. The summed E-state index contributed by atoms with van der Waals surface area (Å²) in [5.41, 5.74) is 0. The van der Waals surface area contributed by atoms with Crippen LogP contribution in [0.4, 0.5) is 0 Å². The molecule has 2 atom stereocenters. The average molecular weight is 203 g/mol. The smallest absolute Gasteiger partial charge is 0.0620 e. The molecule has 0 aromatic rings. The number of hydrogen-bond donors (Lipinski definition) is 1. The molecule has 0 radical (unpaired) electrons. The number of likely N-dealkylation sites (N-methyl/N-ethyl adjacent to an activating group) is 1. The second kappa shape index (κ2) is 9.44. The lowest BCUT2D eigenvalue weighted by Crippen LogP contribution is -2.36. The van der Waals surface area contributed by atoms with E-state index in [4.69, 9.17) is 9.47 Å². The van der Waals surface area contributed by atoms with Gasteiger partial charge in [-0.2, -0.15) is 0 Å². The Kier molecular flexibility index (Phi) is 9.35. The van der Waals surface area contributed by atoms with Crippen LogP contribution < -0.4 is 5.32 Å². The zero-order valence-corrected chi connectivity index (χ0v) is 10.0. The van der Waals surface area contributed by atoms with Crippen LogP contribution in [0.2, 0.25) is 0 Å². The van der Waals surface area contributed by atoms with Crippen LogP contribution in [0.1, 0.15) is 33.6 Å². The van der Waals surface area contributed by atoms with E-state index < -0.39 is 0 Å². The van der Waals surface area contributed by atoms with Gasteiger partial charge in [-0.1, -0.05) is 13.8 Å². The molecule has 0 rings (SSSR count). The molecule has 0 aliphatic heterocycles. The van der Waals surface area contributed by atoms with E-state index in [2.05, 4.69) is 26.1 Å². The van der Waals surface area contributed by atoms with Crippen molar-refractivity contribution in [2.75, 3.05) is 26.9 Å². The summed E-state index contributed by atoms with van der Waals surface area (Å²) in [5, 5.41) is 3.40. The molecule has 1 N–H and O–H groups in total. The Balaban J connectivity index is 3.65. The highest BCUT2D eigenvalue weighted by Gasteiger charge is 2.11. The first-order valence-corrected chi connectivity index (χ1v) is 5.58. The molecular formula is C11H25NO2. The van der Waals surface area contributed by atoms with Gasteiger partial charge in [0.2, 0.25) is 0 Å². The molecule has 0 bridgehead atoms. The maximum absolute atomic E-state index is 5.52. The molecule has 3 heteroatoms. The van der Waals surface area contributed by atoms with Gasteiger partial charge in [-0.05, 0) is 26.3 Å². The third-order valence-corrected chi connectivity index (χ3v) is 2.18. The van der Waals surface area contributed by atoms with Crippen LogP contribution in [0.15, 0.2) is 0 Å². The Bertz CT molecular complexity index is 120. The lowest BCUT2D eigenvalue weighted by atomic mass is 10.1. The van der Waals surface area contributed by atoms with Gasteiger partial charge in [0.25, 0.3) is 0 Å². The highest BCUT2D eigenvalue weighted by atomic mass is 16.5. The molecule has 0 saturated carbocycles. The molecular weight excluding hydrogens is 178 g/mol. The molecule has 86 valence electrons. The van der Waals surface area contributed by atoms with Crippen molar-refractivity contribution < 1.29 is 9.47 Å². The molecule has 0 aromatic heterocycles. The summed E-state index contributed by atoms with van der Waals surface area (Å²) in [7, 11) is 1.75. The number of methoxy groups -OCH3 is 1. The monoisotopic (exact) mass is 203 g/mol. The van der Waals surface area contributed by atoms with Gasteiger partial charge < -0.3 is 14.8 Å². The Morgan fingerprint density at radius 1 is 1.29 bits per heavy atom. The fourth-order valence-electron chi connectivity index (χ4n) is 1.37. The van der Waals surface area contributed by atoms with E-state index in [1.807, 2.05) is 0 Å². The lowest BCUT2D eigenvalue weighted by molar-refractivity contribution is 0.0664. The minimum atomic E-state index is 0.296. The molecule has 0 aromatic carbocycles. The van der Waals surface area contributed by atoms with E-state index in [-0.39, 0.29) is 0 Å². The standard InChI is InChI=1S/C11H25NO2/c1-5-7-14-9-11(12-6-2)8-10(3)13-4/h10-12H,5-9H2,1-4H3. The molecule has 2 unspecified atom stereocenters. The largest absolute Gasteiger partial charge is 0.382 e. The van der Waals surface area contributed by atoms with Crippen molar-refractivity contribution in [2.24, 2.45) is 0 Å². The van der Waals surface area contributed by atoms with Crippen molar-refractivity contribution >= 4 is 0 Å². The van der Waals surface area contributed by atoms with Gasteiger partial charge in [0, 0.05) is 19.8 Å². The van der Waals surface area contributed by atoms with Crippen LogP contribution >= 0.6 is 0 Å². The summed E-state index contributed by atoms with van der Waals surface area (Å²) in [4.78, 5) is 0. The van der Waals surface area contributed by atoms with Crippen LogP contribution in [0.5, 0.6) is 0 Å². The Hall–Kier alpha value is -0.120. The zero-order valence-electron chi connectivity index (χ0n) is 10.0. The number of ether oxygens (including phenoxy) is 2. The summed E-state index contributed by atoms with van der Waals surface area (Å²) in [6, 6.07) is 0.418. The van der Waals surface area contributed by atoms with E-state index in [1.54, 1.807) is 7.11 Å². The van der Waals surface area contributed by atoms with Crippen LogP contribution in [0.3, 0.4) is 0 Å². The maximum atomic E-state index is 5.52. The molecule has 0 aliphatic carbocycles. The molecule has 0 amide bonds. The minimum Gasteiger partial charge on any atom is -0.382 e.